The third-order valence-electron chi connectivity index (χ3n) is 2.20. The van der Waals surface area contributed by atoms with Crippen LogP contribution in [0.25, 0.3) is 0 Å². The first kappa shape index (κ1) is 14.7. The molecule has 1 aromatic carbocycles. The predicted octanol–water partition coefficient (Wildman–Crippen LogP) is 1.14. The van der Waals surface area contributed by atoms with Crippen LogP contribution in [0, 0.1) is 5.82 Å². The minimum Gasteiger partial charge on any atom is -0.505 e. The number of phenolic OH excluding ortho intramolecular Hbond substituents is 1. The van der Waals surface area contributed by atoms with Gasteiger partial charge in [-0.15, -0.1) is 0 Å². The first-order valence-electron chi connectivity index (χ1n) is 5.09. The molecule has 0 aliphatic heterocycles. The van der Waals surface area contributed by atoms with Gasteiger partial charge in [0, 0.05) is 10.6 Å². The summed E-state index contributed by atoms with van der Waals surface area (Å²) in [5, 5.41) is 28.5. The van der Waals surface area contributed by atoms with Gasteiger partial charge in [0.1, 0.15) is 6.10 Å². The largest absolute Gasteiger partial charge is 0.505 e. The van der Waals surface area contributed by atoms with Crippen molar-refractivity contribution in [2.45, 2.75) is 19.1 Å². The van der Waals surface area contributed by atoms with Gasteiger partial charge in [-0.3, -0.25) is 0 Å². The van der Waals surface area contributed by atoms with Crippen LogP contribution in [-0.2, 0) is 9.53 Å². The molecule has 0 heterocycles. The zero-order valence-corrected chi connectivity index (χ0v) is 10.2. The number of aliphatic hydroxyl groups is 2. The van der Waals surface area contributed by atoms with Crippen molar-refractivity contribution in [1.82, 2.24) is 0 Å². The van der Waals surface area contributed by atoms with Crippen LogP contribution in [0.1, 0.15) is 18.6 Å². The molecule has 3 N–H and O–H groups in total. The van der Waals surface area contributed by atoms with E-state index >= 15 is 0 Å². The van der Waals surface area contributed by atoms with Gasteiger partial charge in [-0.2, -0.15) is 0 Å². The van der Waals surface area contributed by atoms with E-state index in [9.17, 15) is 24.5 Å². The second-order valence-electron chi connectivity index (χ2n) is 3.47. The summed E-state index contributed by atoms with van der Waals surface area (Å²) in [6, 6.07) is 1.89. The highest BCUT2D eigenvalue weighted by atomic mass is 35.5. The van der Waals surface area contributed by atoms with Crippen molar-refractivity contribution < 1.29 is 29.2 Å². The predicted molar refractivity (Wildman–Crippen MR) is 60.7 cm³/mol. The number of hydrogen-bond acceptors (Lipinski definition) is 5. The van der Waals surface area contributed by atoms with E-state index in [4.69, 9.17) is 11.6 Å². The van der Waals surface area contributed by atoms with Crippen LogP contribution >= 0.6 is 11.6 Å². The van der Waals surface area contributed by atoms with E-state index in [0.29, 0.717) is 0 Å². The van der Waals surface area contributed by atoms with Gasteiger partial charge in [-0.25, -0.2) is 9.18 Å². The molecule has 0 aliphatic carbocycles. The number of ether oxygens (including phenoxy) is 1. The summed E-state index contributed by atoms with van der Waals surface area (Å²) in [6.45, 7) is 1.53. The van der Waals surface area contributed by atoms with E-state index < -0.39 is 29.7 Å². The zero-order chi connectivity index (χ0) is 13.9. The van der Waals surface area contributed by atoms with E-state index in [0.717, 1.165) is 12.1 Å². The molecule has 0 spiro atoms. The number of carbonyl (C=O) groups is 1. The van der Waals surface area contributed by atoms with Crippen LogP contribution in [0.3, 0.4) is 0 Å². The smallest absolute Gasteiger partial charge is 0.338 e. The van der Waals surface area contributed by atoms with Crippen molar-refractivity contribution >= 4 is 17.6 Å². The quantitative estimate of drug-likeness (QED) is 0.719. The molecule has 2 atom stereocenters. The molecule has 18 heavy (non-hydrogen) atoms. The maximum atomic E-state index is 13.2. The van der Waals surface area contributed by atoms with E-state index in [2.05, 4.69) is 4.74 Å². The molecule has 0 radical (unpaired) electrons. The lowest BCUT2D eigenvalue weighted by molar-refractivity contribution is -0.159. The second-order valence-corrected chi connectivity index (χ2v) is 3.90. The first-order chi connectivity index (χ1) is 8.38. The van der Waals surface area contributed by atoms with Crippen LogP contribution in [0.5, 0.6) is 5.75 Å². The molecule has 0 aliphatic rings. The Morgan fingerprint density at radius 2 is 2.11 bits per heavy atom. The highest BCUT2D eigenvalue weighted by molar-refractivity contribution is 6.30. The fourth-order valence-electron chi connectivity index (χ4n) is 1.34. The lowest BCUT2D eigenvalue weighted by atomic mass is 10.0. The topological polar surface area (TPSA) is 87.0 Å². The van der Waals surface area contributed by atoms with Crippen molar-refractivity contribution in [1.29, 1.82) is 0 Å². The molecule has 0 bridgehead atoms. The van der Waals surface area contributed by atoms with Crippen molar-refractivity contribution in [3.05, 3.63) is 28.5 Å². The van der Waals surface area contributed by atoms with Gasteiger partial charge >= 0.3 is 5.97 Å². The minimum atomic E-state index is -1.94. The Balaban J connectivity index is 3.03. The monoisotopic (exact) mass is 278 g/mol. The average molecular weight is 279 g/mol. The number of phenols is 1. The number of halogens is 2. The van der Waals surface area contributed by atoms with Crippen molar-refractivity contribution in [3.8, 4) is 5.75 Å². The molecule has 1 aromatic rings. The van der Waals surface area contributed by atoms with Crippen LogP contribution in [0.2, 0.25) is 5.02 Å². The lowest BCUT2D eigenvalue weighted by Gasteiger charge is -2.18. The van der Waals surface area contributed by atoms with Crippen molar-refractivity contribution in [2.24, 2.45) is 0 Å². The Morgan fingerprint density at radius 1 is 1.50 bits per heavy atom. The summed E-state index contributed by atoms with van der Waals surface area (Å²) in [5.74, 6) is -3.02. The minimum absolute atomic E-state index is 0.0124. The fourth-order valence-corrected chi connectivity index (χ4v) is 1.55. The average Bonchev–Trinajstić information content (AvgIpc) is 2.32. The van der Waals surface area contributed by atoms with Gasteiger partial charge in [0.25, 0.3) is 0 Å². The van der Waals surface area contributed by atoms with E-state index in [1.54, 1.807) is 0 Å². The Bertz CT molecular complexity index is 451. The van der Waals surface area contributed by atoms with Crippen LogP contribution < -0.4 is 0 Å². The summed E-state index contributed by atoms with van der Waals surface area (Å²) in [6.07, 6.45) is -3.77. The number of aliphatic hydroxyl groups excluding tert-OH is 2. The summed E-state index contributed by atoms with van der Waals surface area (Å²) in [7, 11) is 0. The fraction of sp³-hybridized carbons (Fsp3) is 0.364. The third kappa shape index (κ3) is 3.10. The maximum Gasteiger partial charge on any atom is 0.338 e. The SMILES string of the molecule is CCOC(=O)C(O)C(O)c1cc(Cl)cc(F)c1O. The Kier molecular flexibility index (Phi) is 4.89. The second kappa shape index (κ2) is 5.99. The molecule has 0 aromatic heterocycles. The summed E-state index contributed by atoms with van der Waals surface area (Å²) in [4.78, 5) is 11.2. The van der Waals surface area contributed by atoms with Gasteiger partial charge in [0.05, 0.1) is 6.61 Å². The normalized spacial score (nSPS) is 14.1. The Hall–Kier alpha value is -1.37. The molecular formula is C11H12ClFO5. The molecule has 0 saturated heterocycles. The van der Waals surface area contributed by atoms with Crippen molar-refractivity contribution in [3.63, 3.8) is 0 Å². The maximum absolute atomic E-state index is 13.2. The molecule has 1 rings (SSSR count). The van der Waals surface area contributed by atoms with Gasteiger partial charge in [-0.1, -0.05) is 11.6 Å². The van der Waals surface area contributed by atoms with E-state index in [-0.39, 0.29) is 17.2 Å². The molecule has 2 unspecified atom stereocenters. The molecule has 0 saturated carbocycles. The Morgan fingerprint density at radius 3 is 2.67 bits per heavy atom. The van der Waals surface area contributed by atoms with Crippen LogP contribution in [0.4, 0.5) is 4.39 Å². The molecule has 0 amide bonds. The number of aromatic hydroxyl groups is 1. The summed E-state index contributed by atoms with van der Waals surface area (Å²) < 4.78 is 17.7. The third-order valence-corrected chi connectivity index (χ3v) is 2.42. The summed E-state index contributed by atoms with van der Waals surface area (Å²) in [5.41, 5.74) is -0.388. The number of benzene rings is 1. The molecular weight excluding hydrogens is 267 g/mol. The molecule has 5 nitrogen and oxygen atoms in total. The Labute approximate surface area is 107 Å². The number of carbonyl (C=O) groups excluding carboxylic acids is 1. The van der Waals surface area contributed by atoms with Gasteiger partial charge in [0.2, 0.25) is 0 Å². The van der Waals surface area contributed by atoms with Crippen LogP contribution in [-0.4, -0.2) is 34.0 Å². The van der Waals surface area contributed by atoms with Gasteiger partial charge in [-0.05, 0) is 19.1 Å². The number of rotatable bonds is 4. The van der Waals surface area contributed by atoms with Gasteiger partial charge in [0.15, 0.2) is 17.7 Å². The van der Waals surface area contributed by atoms with E-state index in [1.807, 2.05) is 0 Å². The molecule has 100 valence electrons. The standard InChI is InChI=1S/C11H12ClFO5/c1-2-18-11(17)10(16)9(15)6-3-5(12)4-7(13)8(6)14/h3-4,9-10,14-16H,2H2,1H3. The summed E-state index contributed by atoms with van der Waals surface area (Å²) >= 11 is 5.55. The van der Waals surface area contributed by atoms with Crippen molar-refractivity contribution in [2.75, 3.05) is 6.61 Å². The van der Waals surface area contributed by atoms with E-state index in [1.165, 1.54) is 6.92 Å². The molecule has 0 fully saturated rings. The first-order valence-corrected chi connectivity index (χ1v) is 5.47. The lowest BCUT2D eigenvalue weighted by Crippen LogP contribution is -2.30. The number of esters is 1. The van der Waals surface area contributed by atoms with Gasteiger partial charge < -0.3 is 20.1 Å². The highest BCUT2D eigenvalue weighted by Gasteiger charge is 2.30. The number of hydrogen-bond donors (Lipinski definition) is 3. The highest BCUT2D eigenvalue weighted by Crippen LogP contribution is 2.32. The zero-order valence-electron chi connectivity index (χ0n) is 9.43. The molecule has 7 heteroatoms. The van der Waals surface area contributed by atoms with Crippen LogP contribution in [0.15, 0.2) is 12.1 Å².